The maximum Gasteiger partial charge on any atom is 0.0990 e. The summed E-state index contributed by atoms with van der Waals surface area (Å²) in [5, 5.41) is 3.29. The third-order valence-electron chi connectivity index (χ3n) is 1.69. The van der Waals surface area contributed by atoms with Gasteiger partial charge in [-0.1, -0.05) is 0 Å². The number of nitrogens with one attached hydrogen (secondary N) is 1. The number of nitrogens with zero attached hydrogens (tertiary/aromatic N) is 1. The molecule has 10 heavy (non-hydrogen) atoms. The normalized spacial score (nSPS) is 21.3. The highest BCUT2D eigenvalue weighted by Crippen LogP contribution is 1.91. The molecule has 0 saturated carbocycles. The van der Waals surface area contributed by atoms with Crippen LogP contribution in [0.2, 0.25) is 0 Å². The quantitative estimate of drug-likeness (QED) is 0.598. The molecule has 0 radical (unpaired) electrons. The summed E-state index contributed by atoms with van der Waals surface area (Å²) in [7, 11) is 0. The van der Waals surface area contributed by atoms with Crippen molar-refractivity contribution in [2.24, 2.45) is 0 Å². The van der Waals surface area contributed by atoms with Crippen LogP contribution < -0.4 is 5.32 Å². The van der Waals surface area contributed by atoms with E-state index in [0.717, 1.165) is 39.5 Å². The number of rotatable bonds is 3. The van der Waals surface area contributed by atoms with Crippen LogP contribution in [-0.2, 0) is 4.74 Å². The predicted molar refractivity (Wildman–Crippen MR) is 40.9 cm³/mol. The fraction of sp³-hybridized carbons (Fsp3) is 1.00. The lowest BCUT2D eigenvalue weighted by atomic mass is 10.4. The van der Waals surface area contributed by atoms with Crippen molar-refractivity contribution in [1.82, 2.24) is 10.2 Å². The molecule has 0 spiro atoms. The van der Waals surface area contributed by atoms with Crippen LogP contribution >= 0.6 is 0 Å². The van der Waals surface area contributed by atoms with E-state index in [0.29, 0.717) is 0 Å². The zero-order chi connectivity index (χ0) is 7.23. The highest BCUT2D eigenvalue weighted by Gasteiger charge is 2.07. The summed E-state index contributed by atoms with van der Waals surface area (Å²) in [6.45, 7) is 8.12. The molecule has 60 valence electrons. The zero-order valence-corrected chi connectivity index (χ0v) is 6.60. The first-order chi connectivity index (χ1) is 4.93. The third-order valence-corrected chi connectivity index (χ3v) is 1.69. The van der Waals surface area contributed by atoms with Crippen LogP contribution in [0.1, 0.15) is 6.92 Å². The first kappa shape index (κ1) is 7.98. The van der Waals surface area contributed by atoms with Gasteiger partial charge in [0.05, 0.1) is 6.73 Å². The van der Waals surface area contributed by atoms with Crippen molar-refractivity contribution in [2.75, 3.05) is 39.5 Å². The monoisotopic (exact) mass is 144 g/mol. The van der Waals surface area contributed by atoms with Gasteiger partial charge in [0.2, 0.25) is 0 Å². The maximum atomic E-state index is 5.27. The molecule has 1 N–H and O–H groups in total. The molecule has 1 rings (SSSR count). The number of hydrogen-bond donors (Lipinski definition) is 1. The summed E-state index contributed by atoms with van der Waals surface area (Å²) in [5.74, 6) is 0. The summed E-state index contributed by atoms with van der Waals surface area (Å²) in [6, 6.07) is 0. The van der Waals surface area contributed by atoms with E-state index >= 15 is 0 Å². The maximum absolute atomic E-state index is 5.27. The van der Waals surface area contributed by atoms with Crippen LogP contribution in [0, 0.1) is 0 Å². The van der Waals surface area contributed by atoms with Gasteiger partial charge in [0.1, 0.15) is 0 Å². The van der Waals surface area contributed by atoms with Gasteiger partial charge in [-0.05, 0) is 6.92 Å². The lowest BCUT2D eigenvalue weighted by molar-refractivity contribution is 0.0292. The average molecular weight is 144 g/mol. The minimum atomic E-state index is 0.804. The Labute approximate surface area is 62.3 Å². The molecule has 0 aliphatic carbocycles. The van der Waals surface area contributed by atoms with Gasteiger partial charge in [0.25, 0.3) is 0 Å². The van der Waals surface area contributed by atoms with Crippen LogP contribution in [0.4, 0.5) is 0 Å². The van der Waals surface area contributed by atoms with Crippen molar-refractivity contribution < 1.29 is 4.74 Å². The molecule has 3 nitrogen and oxygen atoms in total. The van der Waals surface area contributed by atoms with E-state index in [-0.39, 0.29) is 0 Å². The highest BCUT2D eigenvalue weighted by molar-refractivity contribution is 4.63. The van der Waals surface area contributed by atoms with Gasteiger partial charge < -0.3 is 10.1 Å². The summed E-state index contributed by atoms with van der Waals surface area (Å²) in [6.07, 6.45) is 0. The van der Waals surface area contributed by atoms with Gasteiger partial charge in [-0.3, -0.25) is 4.90 Å². The molecule has 0 unspecified atom stereocenters. The summed E-state index contributed by atoms with van der Waals surface area (Å²) >= 11 is 0. The van der Waals surface area contributed by atoms with Crippen molar-refractivity contribution in [3.63, 3.8) is 0 Å². The molecule has 1 aliphatic rings. The van der Waals surface area contributed by atoms with E-state index in [2.05, 4.69) is 10.2 Å². The van der Waals surface area contributed by atoms with Gasteiger partial charge in [-0.25, -0.2) is 0 Å². The molecular formula is C7H16N2O. The van der Waals surface area contributed by atoms with E-state index in [9.17, 15) is 0 Å². The first-order valence-electron chi connectivity index (χ1n) is 3.94. The number of ether oxygens (including phenoxy) is 1. The van der Waals surface area contributed by atoms with Crippen molar-refractivity contribution in [2.45, 2.75) is 6.92 Å². The lowest BCUT2D eigenvalue weighted by Gasteiger charge is -2.26. The fourth-order valence-electron chi connectivity index (χ4n) is 1.06. The van der Waals surface area contributed by atoms with Gasteiger partial charge in [0.15, 0.2) is 0 Å². The SMILES string of the molecule is CCOCN1CCNCC1. The Morgan fingerprint density at radius 3 is 2.70 bits per heavy atom. The standard InChI is InChI=1S/C7H16N2O/c1-2-10-7-9-5-3-8-4-6-9/h8H,2-7H2,1H3. The topological polar surface area (TPSA) is 24.5 Å². The van der Waals surface area contributed by atoms with Gasteiger partial charge in [0, 0.05) is 32.8 Å². The summed E-state index contributed by atoms with van der Waals surface area (Å²) < 4.78 is 5.27. The molecule has 3 heteroatoms. The van der Waals surface area contributed by atoms with Gasteiger partial charge in [-0.2, -0.15) is 0 Å². The molecule has 0 amide bonds. The zero-order valence-electron chi connectivity index (χ0n) is 6.60. The van der Waals surface area contributed by atoms with Crippen molar-refractivity contribution in [1.29, 1.82) is 0 Å². The summed E-state index contributed by atoms with van der Waals surface area (Å²) in [5.41, 5.74) is 0. The van der Waals surface area contributed by atoms with E-state index in [1.807, 2.05) is 6.92 Å². The Kier molecular flexibility index (Phi) is 3.72. The van der Waals surface area contributed by atoms with E-state index in [4.69, 9.17) is 4.74 Å². The van der Waals surface area contributed by atoms with E-state index in [1.165, 1.54) is 0 Å². The lowest BCUT2D eigenvalue weighted by Crippen LogP contribution is -2.44. The highest BCUT2D eigenvalue weighted by atomic mass is 16.5. The smallest absolute Gasteiger partial charge is 0.0990 e. The molecule has 1 heterocycles. The molecule has 0 aromatic carbocycles. The largest absolute Gasteiger partial charge is 0.366 e. The van der Waals surface area contributed by atoms with Crippen LogP contribution in [0.15, 0.2) is 0 Å². The van der Waals surface area contributed by atoms with E-state index < -0.39 is 0 Å². The van der Waals surface area contributed by atoms with Crippen molar-refractivity contribution in [3.05, 3.63) is 0 Å². The number of hydrogen-bond acceptors (Lipinski definition) is 3. The average Bonchev–Trinajstić information content (AvgIpc) is 2.03. The Balaban J connectivity index is 2.02. The fourth-order valence-corrected chi connectivity index (χ4v) is 1.06. The second kappa shape index (κ2) is 4.66. The molecule has 0 atom stereocenters. The molecule has 1 fully saturated rings. The Bertz CT molecular complexity index is 81.7. The van der Waals surface area contributed by atoms with Crippen LogP contribution in [0.3, 0.4) is 0 Å². The molecule has 1 saturated heterocycles. The number of piperazine rings is 1. The second-order valence-corrected chi connectivity index (χ2v) is 2.49. The Morgan fingerprint density at radius 1 is 1.40 bits per heavy atom. The van der Waals surface area contributed by atoms with E-state index in [1.54, 1.807) is 0 Å². The Hall–Kier alpha value is -0.120. The van der Waals surface area contributed by atoms with Gasteiger partial charge >= 0.3 is 0 Å². The van der Waals surface area contributed by atoms with Crippen LogP contribution in [-0.4, -0.2) is 44.4 Å². The molecule has 0 bridgehead atoms. The van der Waals surface area contributed by atoms with Crippen LogP contribution in [0.25, 0.3) is 0 Å². The first-order valence-corrected chi connectivity index (χ1v) is 3.94. The minimum absolute atomic E-state index is 0.804. The summed E-state index contributed by atoms with van der Waals surface area (Å²) in [4.78, 5) is 2.32. The Morgan fingerprint density at radius 2 is 2.10 bits per heavy atom. The molecule has 0 aromatic rings. The molecule has 1 aliphatic heterocycles. The second-order valence-electron chi connectivity index (χ2n) is 2.49. The van der Waals surface area contributed by atoms with Crippen LogP contribution in [0.5, 0.6) is 0 Å². The van der Waals surface area contributed by atoms with Crippen molar-refractivity contribution >= 4 is 0 Å². The molecular weight excluding hydrogens is 128 g/mol. The third kappa shape index (κ3) is 2.64. The predicted octanol–water partition coefficient (Wildman–Crippen LogP) is -0.114. The molecule has 0 aromatic heterocycles. The minimum Gasteiger partial charge on any atom is -0.366 e. The van der Waals surface area contributed by atoms with Crippen molar-refractivity contribution in [3.8, 4) is 0 Å². The van der Waals surface area contributed by atoms with Gasteiger partial charge in [-0.15, -0.1) is 0 Å².